The molecular weight excluding hydrogens is 300 g/mol. The lowest BCUT2D eigenvalue weighted by Gasteiger charge is -2.36. The lowest BCUT2D eigenvalue weighted by atomic mass is 9.78. The second-order valence-electron chi connectivity index (χ2n) is 5.30. The molecule has 1 fully saturated rings. The summed E-state index contributed by atoms with van der Waals surface area (Å²) in [5.41, 5.74) is 0.377. The Morgan fingerprint density at radius 2 is 1.78 bits per heavy atom. The van der Waals surface area contributed by atoms with Gasteiger partial charge in [-0.1, -0.05) is 20.3 Å². The first kappa shape index (κ1) is 13.8. The van der Waals surface area contributed by atoms with Crippen LogP contribution in [0.15, 0.2) is 16.6 Å². The quantitative estimate of drug-likeness (QED) is 0.812. The minimum Gasteiger partial charge on any atom is -0.378 e. The fourth-order valence-corrected chi connectivity index (χ4v) is 3.34. The Kier molecular flexibility index (Phi) is 4.25. The molecular formula is C14H18BrF2N. The van der Waals surface area contributed by atoms with Gasteiger partial charge < -0.3 is 5.32 Å². The fraction of sp³-hybridized carbons (Fsp3) is 0.571. The number of anilines is 1. The molecule has 1 aromatic rings. The van der Waals surface area contributed by atoms with Crippen LogP contribution in [0.4, 0.5) is 14.5 Å². The molecule has 2 atom stereocenters. The van der Waals surface area contributed by atoms with E-state index in [1.165, 1.54) is 12.5 Å². The Hall–Kier alpha value is -0.640. The smallest absolute Gasteiger partial charge is 0.150 e. The summed E-state index contributed by atoms with van der Waals surface area (Å²) in [5, 5.41) is 3.26. The molecule has 2 rings (SSSR count). The molecule has 1 aliphatic carbocycles. The molecule has 0 radical (unpaired) electrons. The monoisotopic (exact) mass is 317 g/mol. The van der Waals surface area contributed by atoms with Gasteiger partial charge in [0.2, 0.25) is 0 Å². The Morgan fingerprint density at radius 3 is 2.33 bits per heavy atom. The molecule has 0 amide bonds. The Labute approximate surface area is 115 Å². The van der Waals surface area contributed by atoms with E-state index in [9.17, 15) is 8.78 Å². The summed E-state index contributed by atoms with van der Waals surface area (Å²) in [6.45, 7) is 4.37. The number of hydrogen-bond donors (Lipinski definition) is 1. The molecule has 1 nitrogen and oxygen atoms in total. The fourth-order valence-electron chi connectivity index (χ4n) is 2.81. The van der Waals surface area contributed by atoms with E-state index >= 15 is 0 Å². The highest BCUT2D eigenvalue weighted by Crippen LogP contribution is 2.34. The third-order valence-corrected chi connectivity index (χ3v) is 4.49. The van der Waals surface area contributed by atoms with E-state index in [4.69, 9.17) is 0 Å². The average molecular weight is 318 g/mol. The van der Waals surface area contributed by atoms with Crippen LogP contribution in [-0.2, 0) is 0 Å². The summed E-state index contributed by atoms with van der Waals surface area (Å²) in [6.07, 6.45) is 3.54. The van der Waals surface area contributed by atoms with Gasteiger partial charge in [-0.3, -0.25) is 0 Å². The van der Waals surface area contributed by atoms with E-state index in [-0.39, 0.29) is 6.04 Å². The van der Waals surface area contributed by atoms with Crippen LogP contribution in [0.25, 0.3) is 0 Å². The number of nitrogens with one attached hydrogen (secondary N) is 1. The van der Waals surface area contributed by atoms with Crippen LogP contribution < -0.4 is 5.32 Å². The molecule has 0 spiro atoms. The number of halogens is 3. The van der Waals surface area contributed by atoms with E-state index in [1.807, 2.05) is 0 Å². The van der Waals surface area contributed by atoms with Crippen LogP contribution in [0.1, 0.15) is 33.1 Å². The Morgan fingerprint density at radius 1 is 1.17 bits per heavy atom. The zero-order valence-electron chi connectivity index (χ0n) is 10.6. The van der Waals surface area contributed by atoms with E-state index in [0.29, 0.717) is 22.0 Å². The summed E-state index contributed by atoms with van der Waals surface area (Å²) >= 11 is 3.22. The van der Waals surface area contributed by atoms with Gasteiger partial charge in [-0.25, -0.2) is 8.78 Å². The molecule has 0 saturated heterocycles. The first-order valence-electron chi connectivity index (χ1n) is 6.40. The molecule has 18 heavy (non-hydrogen) atoms. The van der Waals surface area contributed by atoms with Gasteiger partial charge in [-0.2, -0.15) is 0 Å². The molecule has 1 aromatic carbocycles. The van der Waals surface area contributed by atoms with Crippen LogP contribution in [0, 0.1) is 23.5 Å². The van der Waals surface area contributed by atoms with Gasteiger partial charge in [0, 0.05) is 16.6 Å². The maximum atomic E-state index is 13.8. The predicted molar refractivity (Wildman–Crippen MR) is 73.6 cm³/mol. The second kappa shape index (κ2) is 5.55. The van der Waals surface area contributed by atoms with Crippen molar-refractivity contribution >= 4 is 21.6 Å². The number of benzene rings is 1. The summed E-state index contributed by atoms with van der Waals surface area (Å²) < 4.78 is 27.3. The Bertz CT molecular complexity index is 403. The van der Waals surface area contributed by atoms with Gasteiger partial charge in [-0.15, -0.1) is 0 Å². The molecule has 1 saturated carbocycles. The standard InChI is InChI=1S/C14H18BrF2N/c1-8-4-3-5-9(2)13(8)18-14-11(15)6-10(16)7-12(14)17/h6-9,13,18H,3-5H2,1-2H3. The van der Waals surface area contributed by atoms with Crippen molar-refractivity contribution < 1.29 is 8.78 Å². The van der Waals surface area contributed by atoms with Crippen molar-refractivity contribution in [1.29, 1.82) is 0 Å². The lowest BCUT2D eigenvalue weighted by molar-refractivity contribution is 0.267. The molecule has 100 valence electrons. The topological polar surface area (TPSA) is 12.0 Å². The van der Waals surface area contributed by atoms with Crippen molar-refractivity contribution in [2.45, 2.75) is 39.2 Å². The van der Waals surface area contributed by atoms with Gasteiger partial charge >= 0.3 is 0 Å². The number of rotatable bonds is 2. The predicted octanol–water partition coefficient (Wildman–Crippen LogP) is 4.96. The van der Waals surface area contributed by atoms with Gasteiger partial charge in [-0.05, 0) is 46.7 Å². The van der Waals surface area contributed by atoms with E-state index in [0.717, 1.165) is 18.9 Å². The molecule has 4 heteroatoms. The lowest BCUT2D eigenvalue weighted by Crippen LogP contribution is -2.37. The van der Waals surface area contributed by atoms with Crippen LogP contribution >= 0.6 is 15.9 Å². The minimum atomic E-state index is -0.560. The van der Waals surface area contributed by atoms with Gasteiger partial charge in [0.05, 0.1) is 5.69 Å². The van der Waals surface area contributed by atoms with Crippen molar-refractivity contribution in [1.82, 2.24) is 0 Å². The molecule has 0 aliphatic heterocycles. The van der Waals surface area contributed by atoms with Crippen molar-refractivity contribution in [3.8, 4) is 0 Å². The van der Waals surface area contributed by atoms with Crippen LogP contribution in [0.5, 0.6) is 0 Å². The van der Waals surface area contributed by atoms with Gasteiger partial charge in [0.15, 0.2) is 0 Å². The molecule has 0 heterocycles. The minimum absolute atomic E-state index is 0.245. The zero-order valence-corrected chi connectivity index (χ0v) is 12.2. The first-order chi connectivity index (χ1) is 8.49. The largest absolute Gasteiger partial charge is 0.378 e. The highest BCUT2D eigenvalue weighted by atomic mass is 79.9. The summed E-state index contributed by atoms with van der Waals surface area (Å²) in [4.78, 5) is 0. The van der Waals surface area contributed by atoms with E-state index in [1.54, 1.807) is 0 Å². The molecule has 0 bridgehead atoms. The van der Waals surface area contributed by atoms with Gasteiger partial charge in [0.1, 0.15) is 11.6 Å². The van der Waals surface area contributed by atoms with Crippen molar-refractivity contribution in [2.75, 3.05) is 5.32 Å². The van der Waals surface area contributed by atoms with Crippen molar-refractivity contribution in [3.63, 3.8) is 0 Å². The normalized spacial score (nSPS) is 28.2. The van der Waals surface area contributed by atoms with Crippen molar-refractivity contribution in [3.05, 3.63) is 28.2 Å². The summed E-state index contributed by atoms with van der Waals surface area (Å²) in [6, 6.07) is 2.46. The third kappa shape index (κ3) is 2.85. The average Bonchev–Trinajstić information content (AvgIpc) is 2.26. The zero-order chi connectivity index (χ0) is 13.3. The molecule has 1 aliphatic rings. The maximum Gasteiger partial charge on any atom is 0.150 e. The first-order valence-corrected chi connectivity index (χ1v) is 7.19. The SMILES string of the molecule is CC1CCCC(C)C1Nc1c(F)cc(F)cc1Br. The second-order valence-corrected chi connectivity index (χ2v) is 6.15. The van der Waals surface area contributed by atoms with E-state index in [2.05, 4.69) is 35.1 Å². The van der Waals surface area contributed by atoms with Crippen molar-refractivity contribution in [2.24, 2.45) is 11.8 Å². The van der Waals surface area contributed by atoms with Gasteiger partial charge in [0.25, 0.3) is 0 Å². The van der Waals surface area contributed by atoms with E-state index < -0.39 is 11.6 Å². The maximum absolute atomic E-state index is 13.8. The number of hydrogen-bond acceptors (Lipinski definition) is 1. The van der Waals surface area contributed by atoms with Crippen LogP contribution in [0.3, 0.4) is 0 Å². The Balaban J connectivity index is 2.23. The molecule has 0 aromatic heterocycles. The van der Waals surface area contributed by atoms with Crippen LogP contribution in [0.2, 0.25) is 0 Å². The third-order valence-electron chi connectivity index (χ3n) is 3.86. The summed E-state index contributed by atoms with van der Waals surface area (Å²) in [7, 11) is 0. The molecule has 1 N–H and O–H groups in total. The van der Waals surface area contributed by atoms with Crippen LogP contribution in [-0.4, -0.2) is 6.04 Å². The summed E-state index contributed by atoms with van der Waals surface area (Å²) in [5.74, 6) is -0.0864. The highest BCUT2D eigenvalue weighted by molar-refractivity contribution is 9.10. The molecule has 2 unspecified atom stereocenters. The highest BCUT2D eigenvalue weighted by Gasteiger charge is 2.28.